The van der Waals surface area contributed by atoms with Gasteiger partial charge in [0, 0.05) is 38.3 Å². The molecule has 1 N–H and O–H groups in total. The molecule has 27 heavy (non-hydrogen) atoms. The minimum atomic E-state index is -0.273. The quantitative estimate of drug-likeness (QED) is 0.845. The van der Waals surface area contributed by atoms with Crippen molar-refractivity contribution in [3.05, 3.63) is 65.7 Å². The summed E-state index contributed by atoms with van der Waals surface area (Å²) < 4.78 is 5.12. The van der Waals surface area contributed by atoms with Gasteiger partial charge in [-0.1, -0.05) is 36.4 Å². The molecular weight excluding hydrogens is 342 g/mol. The number of rotatable bonds is 6. The van der Waals surface area contributed by atoms with Crippen molar-refractivity contribution in [2.24, 2.45) is 0 Å². The Balaban J connectivity index is 1.43. The lowest BCUT2D eigenvalue weighted by Crippen LogP contribution is -2.50. The van der Waals surface area contributed by atoms with Gasteiger partial charge in [-0.2, -0.15) is 0 Å². The van der Waals surface area contributed by atoms with Crippen LogP contribution in [0, 0.1) is 0 Å². The lowest BCUT2D eigenvalue weighted by Gasteiger charge is -2.34. The molecule has 142 valence electrons. The standard InChI is InChI=1S/C21H25N3O3/c1-27-19-9-5-8-18(14-19)21(26)22-15-20(25)24-12-10-23(11-13-24)16-17-6-3-2-4-7-17/h2-9,14H,10-13,15-16H2,1H3,(H,22,26). The molecule has 2 aromatic carbocycles. The van der Waals surface area contributed by atoms with Gasteiger partial charge in [-0.05, 0) is 23.8 Å². The number of carbonyl (C=O) groups excluding carboxylic acids is 2. The average molecular weight is 367 g/mol. The first-order valence-corrected chi connectivity index (χ1v) is 9.12. The van der Waals surface area contributed by atoms with Crippen LogP contribution in [-0.2, 0) is 11.3 Å². The number of methoxy groups -OCH3 is 1. The van der Waals surface area contributed by atoms with Gasteiger partial charge in [0.2, 0.25) is 5.91 Å². The SMILES string of the molecule is COc1cccc(C(=O)NCC(=O)N2CCN(Cc3ccccc3)CC2)c1. The smallest absolute Gasteiger partial charge is 0.251 e. The van der Waals surface area contributed by atoms with Crippen molar-refractivity contribution in [1.29, 1.82) is 0 Å². The Bertz CT molecular complexity index is 771. The van der Waals surface area contributed by atoms with Crippen molar-refractivity contribution in [1.82, 2.24) is 15.1 Å². The number of hydrogen-bond donors (Lipinski definition) is 1. The number of benzene rings is 2. The Morgan fingerprint density at radius 3 is 2.44 bits per heavy atom. The summed E-state index contributed by atoms with van der Waals surface area (Å²) in [4.78, 5) is 28.8. The maximum Gasteiger partial charge on any atom is 0.251 e. The molecule has 0 radical (unpaired) electrons. The number of ether oxygens (including phenoxy) is 1. The Labute approximate surface area is 159 Å². The van der Waals surface area contributed by atoms with Crippen LogP contribution in [-0.4, -0.2) is 61.4 Å². The summed E-state index contributed by atoms with van der Waals surface area (Å²) in [5, 5.41) is 2.70. The van der Waals surface area contributed by atoms with Crippen LogP contribution in [0.4, 0.5) is 0 Å². The van der Waals surface area contributed by atoms with Crippen LogP contribution < -0.4 is 10.1 Å². The highest BCUT2D eigenvalue weighted by molar-refractivity contribution is 5.96. The van der Waals surface area contributed by atoms with E-state index in [0.29, 0.717) is 24.4 Å². The van der Waals surface area contributed by atoms with Crippen LogP contribution in [0.5, 0.6) is 5.75 Å². The van der Waals surface area contributed by atoms with Crippen molar-refractivity contribution in [2.75, 3.05) is 39.8 Å². The Kier molecular flexibility index (Phi) is 6.44. The zero-order chi connectivity index (χ0) is 19.1. The van der Waals surface area contributed by atoms with Gasteiger partial charge in [0.15, 0.2) is 0 Å². The van der Waals surface area contributed by atoms with E-state index < -0.39 is 0 Å². The van der Waals surface area contributed by atoms with Gasteiger partial charge in [0.05, 0.1) is 13.7 Å². The molecule has 0 saturated carbocycles. The molecule has 2 amide bonds. The van der Waals surface area contributed by atoms with Gasteiger partial charge < -0.3 is 15.0 Å². The fraction of sp³-hybridized carbons (Fsp3) is 0.333. The molecule has 1 heterocycles. The van der Waals surface area contributed by atoms with Gasteiger partial charge in [0.25, 0.3) is 5.91 Å². The number of nitrogens with zero attached hydrogens (tertiary/aromatic N) is 2. The minimum absolute atomic E-state index is 0.00866. The topological polar surface area (TPSA) is 61.9 Å². The summed E-state index contributed by atoms with van der Waals surface area (Å²) in [6, 6.07) is 17.2. The summed E-state index contributed by atoms with van der Waals surface area (Å²) in [5.41, 5.74) is 1.76. The Hall–Kier alpha value is -2.86. The molecule has 0 atom stereocenters. The summed E-state index contributed by atoms with van der Waals surface area (Å²) in [6.07, 6.45) is 0. The minimum Gasteiger partial charge on any atom is -0.497 e. The molecule has 1 aliphatic rings. The van der Waals surface area contributed by atoms with Crippen LogP contribution in [0.25, 0.3) is 0 Å². The van der Waals surface area contributed by atoms with Crippen LogP contribution in [0.3, 0.4) is 0 Å². The first kappa shape index (κ1) is 18.9. The lowest BCUT2D eigenvalue weighted by molar-refractivity contribution is -0.131. The molecule has 0 aliphatic carbocycles. The maximum absolute atomic E-state index is 12.4. The fourth-order valence-electron chi connectivity index (χ4n) is 3.13. The molecule has 0 spiro atoms. The average Bonchev–Trinajstić information content (AvgIpc) is 2.73. The second kappa shape index (κ2) is 9.19. The van der Waals surface area contributed by atoms with E-state index in [1.54, 1.807) is 31.4 Å². The fourth-order valence-corrected chi connectivity index (χ4v) is 3.13. The Morgan fingerprint density at radius 2 is 1.74 bits per heavy atom. The molecule has 1 saturated heterocycles. The van der Waals surface area contributed by atoms with E-state index in [1.807, 2.05) is 23.1 Å². The van der Waals surface area contributed by atoms with Gasteiger partial charge >= 0.3 is 0 Å². The zero-order valence-corrected chi connectivity index (χ0v) is 15.6. The third-order valence-corrected chi connectivity index (χ3v) is 4.71. The number of nitrogens with one attached hydrogen (secondary N) is 1. The van der Waals surface area contributed by atoms with Gasteiger partial charge in [-0.15, -0.1) is 0 Å². The number of amides is 2. The summed E-state index contributed by atoms with van der Waals surface area (Å²) in [7, 11) is 1.55. The van der Waals surface area contributed by atoms with Gasteiger partial charge in [-0.3, -0.25) is 14.5 Å². The molecule has 1 fully saturated rings. The second-order valence-electron chi connectivity index (χ2n) is 6.56. The molecular formula is C21H25N3O3. The van der Waals surface area contributed by atoms with Gasteiger partial charge in [0.1, 0.15) is 5.75 Å². The number of hydrogen-bond acceptors (Lipinski definition) is 4. The van der Waals surface area contributed by atoms with Crippen LogP contribution in [0.1, 0.15) is 15.9 Å². The van der Waals surface area contributed by atoms with Crippen molar-refractivity contribution in [3.8, 4) is 5.75 Å². The molecule has 0 unspecified atom stereocenters. The normalized spacial score (nSPS) is 14.6. The second-order valence-corrected chi connectivity index (χ2v) is 6.56. The molecule has 2 aromatic rings. The van der Waals surface area contributed by atoms with Crippen LogP contribution in [0.15, 0.2) is 54.6 Å². The van der Waals surface area contributed by atoms with E-state index in [0.717, 1.165) is 19.6 Å². The van der Waals surface area contributed by atoms with Crippen LogP contribution >= 0.6 is 0 Å². The van der Waals surface area contributed by atoms with E-state index in [9.17, 15) is 9.59 Å². The first-order chi connectivity index (χ1) is 13.2. The van der Waals surface area contributed by atoms with Crippen LogP contribution in [0.2, 0.25) is 0 Å². The molecule has 1 aliphatic heterocycles. The number of piperazine rings is 1. The Morgan fingerprint density at radius 1 is 1.00 bits per heavy atom. The van der Waals surface area contributed by atoms with Crippen molar-refractivity contribution in [2.45, 2.75) is 6.54 Å². The van der Waals surface area contributed by atoms with E-state index in [1.165, 1.54) is 5.56 Å². The molecule has 0 aromatic heterocycles. The third-order valence-electron chi connectivity index (χ3n) is 4.71. The number of carbonyl (C=O) groups is 2. The van der Waals surface area contributed by atoms with E-state index >= 15 is 0 Å². The summed E-state index contributed by atoms with van der Waals surface area (Å²) in [5.74, 6) is 0.291. The van der Waals surface area contributed by atoms with Gasteiger partial charge in [-0.25, -0.2) is 0 Å². The predicted octanol–water partition coefficient (Wildman–Crippen LogP) is 1.77. The zero-order valence-electron chi connectivity index (χ0n) is 15.6. The monoisotopic (exact) mass is 367 g/mol. The molecule has 6 nitrogen and oxygen atoms in total. The highest BCUT2D eigenvalue weighted by Crippen LogP contribution is 2.12. The summed E-state index contributed by atoms with van der Waals surface area (Å²) >= 11 is 0. The van der Waals surface area contributed by atoms with Crippen molar-refractivity contribution in [3.63, 3.8) is 0 Å². The lowest BCUT2D eigenvalue weighted by atomic mass is 10.2. The predicted molar refractivity (Wildman–Crippen MR) is 104 cm³/mol. The van der Waals surface area contributed by atoms with E-state index in [4.69, 9.17) is 4.74 Å². The highest BCUT2D eigenvalue weighted by atomic mass is 16.5. The largest absolute Gasteiger partial charge is 0.497 e. The van der Waals surface area contributed by atoms with E-state index in [2.05, 4.69) is 22.3 Å². The molecule has 3 rings (SSSR count). The molecule has 0 bridgehead atoms. The molecule has 6 heteroatoms. The van der Waals surface area contributed by atoms with Crippen molar-refractivity contribution < 1.29 is 14.3 Å². The van der Waals surface area contributed by atoms with Crippen molar-refractivity contribution >= 4 is 11.8 Å². The summed E-state index contributed by atoms with van der Waals surface area (Å²) in [6.45, 7) is 3.94. The van der Waals surface area contributed by atoms with E-state index in [-0.39, 0.29) is 18.4 Å². The maximum atomic E-state index is 12.4. The third kappa shape index (κ3) is 5.31. The first-order valence-electron chi connectivity index (χ1n) is 9.12. The highest BCUT2D eigenvalue weighted by Gasteiger charge is 2.21.